The van der Waals surface area contributed by atoms with Crippen LogP contribution in [-0.2, 0) is 16.1 Å². The number of esters is 1. The second-order valence-electron chi connectivity index (χ2n) is 6.81. The Bertz CT molecular complexity index is 970. The van der Waals surface area contributed by atoms with Gasteiger partial charge in [-0.05, 0) is 37.5 Å². The second-order valence-corrected chi connectivity index (χ2v) is 6.81. The van der Waals surface area contributed by atoms with E-state index in [-0.39, 0.29) is 12.5 Å². The lowest BCUT2D eigenvalue weighted by Crippen LogP contribution is -2.21. The van der Waals surface area contributed by atoms with E-state index in [0.29, 0.717) is 12.1 Å². The topological polar surface area (TPSA) is 73.2 Å². The van der Waals surface area contributed by atoms with Crippen LogP contribution >= 0.6 is 0 Å². The fourth-order valence-corrected chi connectivity index (χ4v) is 3.09. The van der Waals surface area contributed by atoms with Gasteiger partial charge in [-0.3, -0.25) is 9.48 Å². The van der Waals surface area contributed by atoms with Gasteiger partial charge >= 0.3 is 5.97 Å². The Balaban J connectivity index is 1.55. The first-order valence-electron chi connectivity index (χ1n) is 9.03. The smallest absolute Gasteiger partial charge is 0.341 e. The van der Waals surface area contributed by atoms with Crippen molar-refractivity contribution in [3.05, 3.63) is 82.7 Å². The number of aryl methyl sites for hydroxylation is 3. The first-order valence-corrected chi connectivity index (χ1v) is 9.03. The van der Waals surface area contributed by atoms with Crippen molar-refractivity contribution < 1.29 is 14.3 Å². The van der Waals surface area contributed by atoms with Gasteiger partial charge in [0.05, 0.1) is 18.3 Å². The largest absolute Gasteiger partial charge is 0.452 e. The molecular formula is C22H23N3O3. The van der Waals surface area contributed by atoms with E-state index >= 15 is 0 Å². The van der Waals surface area contributed by atoms with Crippen molar-refractivity contribution in [1.29, 1.82) is 0 Å². The van der Waals surface area contributed by atoms with Crippen LogP contribution in [0.1, 0.15) is 32.6 Å². The van der Waals surface area contributed by atoms with Gasteiger partial charge in [-0.25, -0.2) is 4.79 Å². The molecule has 0 spiro atoms. The van der Waals surface area contributed by atoms with Crippen LogP contribution in [0.5, 0.6) is 0 Å². The van der Waals surface area contributed by atoms with Gasteiger partial charge in [0.25, 0.3) is 5.91 Å². The lowest BCUT2D eigenvalue weighted by molar-refractivity contribution is -0.119. The Labute approximate surface area is 164 Å². The third kappa shape index (κ3) is 4.85. The summed E-state index contributed by atoms with van der Waals surface area (Å²) in [4.78, 5) is 24.4. The van der Waals surface area contributed by atoms with E-state index in [1.54, 1.807) is 10.9 Å². The third-order valence-corrected chi connectivity index (χ3v) is 4.33. The predicted molar refractivity (Wildman–Crippen MR) is 107 cm³/mol. The molecule has 0 aliphatic carbocycles. The number of carbonyl (C=O) groups is 2. The number of benzene rings is 2. The molecule has 144 valence electrons. The molecule has 0 aliphatic rings. The Morgan fingerprint density at radius 2 is 1.75 bits per heavy atom. The maximum atomic E-state index is 12.2. The molecule has 6 nitrogen and oxygen atoms in total. The van der Waals surface area contributed by atoms with E-state index in [1.165, 1.54) is 6.20 Å². The summed E-state index contributed by atoms with van der Waals surface area (Å²) >= 11 is 0. The quantitative estimate of drug-likeness (QED) is 0.666. The Kier molecular flexibility index (Phi) is 5.89. The summed E-state index contributed by atoms with van der Waals surface area (Å²) < 4.78 is 6.78. The van der Waals surface area contributed by atoms with Crippen molar-refractivity contribution in [3.63, 3.8) is 0 Å². The highest BCUT2D eigenvalue weighted by atomic mass is 16.5. The zero-order chi connectivity index (χ0) is 20.1. The summed E-state index contributed by atoms with van der Waals surface area (Å²) in [6.07, 6.45) is 3.05. The summed E-state index contributed by atoms with van der Waals surface area (Å²) in [5.41, 5.74) is 5.22. The number of nitrogens with zero attached hydrogens (tertiary/aromatic N) is 2. The average molecular weight is 377 g/mol. The molecular weight excluding hydrogens is 354 g/mol. The molecule has 0 unspecified atom stereocenters. The number of hydrogen-bond donors (Lipinski definition) is 1. The number of carbonyl (C=O) groups excluding carboxylic acids is 2. The van der Waals surface area contributed by atoms with Gasteiger partial charge in [-0.15, -0.1) is 0 Å². The molecule has 0 fully saturated rings. The van der Waals surface area contributed by atoms with Crippen LogP contribution in [0.4, 0.5) is 5.69 Å². The highest BCUT2D eigenvalue weighted by Gasteiger charge is 2.14. The van der Waals surface area contributed by atoms with Crippen LogP contribution in [0.2, 0.25) is 0 Å². The molecule has 3 aromatic rings. The van der Waals surface area contributed by atoms with Gasteiger partial charge in [0, 0.05) is 11.9 Å². The number of amides is 1. The van der Waals surface area contributed by atoms with Crippen LogP contribution in [0.15, 0.2) is 54.9 Å². The normalized spacial score (nSPS) is 10.5. The van der Waals surface area contributed by atoms with Crippen molar-refractivity contribution in [2.24, 2.45) is 0 Å². The van der Waals surface area contributed by atoms with Crippen molar-refractivity contribution in [2.45, 2.75) is 27.3 Å². The van der Waals surface area contributed by atoms with Crippen molar-refractivity contribution in [2.75, 3.05) is 11.9 Å². The molecule has 6 heteroatoms. The SMILES string of the molecule is Cc1cc(C)c(NC(=O)COC(=O)c2cnn(Cc3ccccc3)c2)c(C)c1. The van der Waals surface area contributed by atoms with E-state index in [0.717, 1.165) is 27.9 Å². The summed E-state index contributed by atoms with van der Waals surface area (Å²) in [7, 11) is 0. The molecule has 0 radical (unpaired) electrons. The van der Waals surface area contributed by atoms with Crippen molar-refractivity contribution >= 4 is 17.6 Å². The monoisotopic (exact) mass is 377 g/mol. The molecule has 1 N–H and O–H groups in total. The van der Waals surface area contributed by atoms with Crippen LogP contribution < -0.4 is 5.32 Å². The van der Waals surface area contributed by atoms with Crippen LogP contribution in [0.25, 0.3) is 0 Å². The molecule has 0 atom stereocenters. The molecule has 2 aromatic carbocycles. The van der Waals surface area contributed by atoms with Gasteiger partial charge in [0.1, 0.15) is 0 Å². The van der Waals surface area contributed by atoms with Crippen LogP contribution in [0, 0.1) is 20.8 Å². The number of hydrogen-bond acceptors (Lipinski definition) is 4. The molecule has 0 bridgehead atoms. The van der Waals surface area contributed by atoms with Gasteiger partial charge in [-0.2, -0.15) is 5.10 Å². The number of ether oxygens (including phenoxy) is 1. The highest BCUT2D eigenvalue weighted by molar-refractivity contribution is 5.96. The van der Waals surface area contributed by atoms with E-state index in [9.17, 15) is 9.59 Å². The van der Waals surface area contributed by atoms with Gasteiger partial charge in [0.15, 0.2) is 6.61 Å². The van der Waals surface area contributed by atoms with E-state index in [1.807, 2.05) is 63.2 Å². The van der Waals surface area contributed by atoms with Gasteiger partial charge in [0.2, 0.25) is 0 Å². The number of anilines is 1. The fourth-order valence-electron chi connectivity index (χ4n) is 3.09. The first kappa shape index (κ1) is 19.4. The lowest BCUT2D eigenvalue weighted by Gasteiger charge is -2.12. The minimum Gasteiger partial charge on any atom is -0.452 e. The fraction of sp³-hybridized carbons (Fsp3) is 0.227. The molecule has 0 saturated heterocycles. The summed E-state index contributed by atoms with van der Waals surface area (Å²) in [6.45, 7) is 6.08. The Hall–Kier alpha value is -3.41. The van der Waals surface area contributed by atoms with Gasteiger partial charge in [-0.1, -0.05) is 48.0 Å². The number of aromatic nitrogens is 2. The summed E-state index contributed by atoms with van der Waals surface area (Å²) in [5.74, 6) is -0.952. The standard InChI is InChI=1S/C22H23N3O3/c1-15-9-16(2)21(17(3)10-15)24-20(26)14-28-22(27)19-11-23-25(13-19)12-18-7-5-4-6-8-18/h4-11,13H,12,14H2,1-3H3,(H,24,26). The van der Waals surface area contributed by atoms with Crippen LogP contribution in [0.3, 0.4) is 0 Å². The van der Waals surface area contributed by atoms with E-state index in [4.69, 9.17) is 4.74 Å². The average Bonchev–Trinajstić information content (AvgIpc) is 3.12. The molecule has 3 rings (SSSR count). The summed E-state index contributed by atoms with van der Waals surface area (Å²) in [5, 5.41) is 6.99. The molecule has 1 aromatic heterocycles. The molecule has 0 saturated carbocycles. The van der Waals surface area contributed by atoms with Crippen molar-refractivity contribution in [1.82, 2.24) is 9.78 Å². The minimum atomic E-state index is -0.577. The Morgan fingerprint density at radius 1 is 1.07 bits per heavy atom. The highest BCUT2D eigenvalue weighted by Crippen LogP contribution is 2.21. The van der Waals surface area contributed by atoms with Crippen LogP contribution in [-0.4, -0.2) is 28.3 Å². The van der Waals surface area contributed by atoms with Crippen molar-refractivity contribution in [3.8, 4) is 0 Å². The third-order valence-electron chi connectivity index (χ3n) is 4.33. The zero-order valence-corrected chi connectivity index (χ0v) is 16.2. The maximum Gasteiger partial charge on any atom is 0.341 e. The lowest BCUT2D eigenvalue weighted by atomic mass is 10.1. The predicted octanol–water partition coefficient (Wildman–Crippen LogP) is 3.65. The maximum absolute atomic E-state index is 12.2. The minimum absolute atomic E-state index is 0.312. The Morgan fingerprint density at radius 3 is 2.43 bits per heavy atom. The van der Waals surface area contributed by atoms with E-state index in [2.05, 4.69) is 10.4 Å². The second kappa shape index (κ2) is 8.52. The van der Waals surface area contributed by atoms with E-state index < -0.39 is 5.97 Å². The number of nitrogens with one attached hydrogen (secondary N) is 1. The van der Waals surface area contributed by atoms with Gasteiger partial charge < -0.3 is 10.1 Å². The molecule has 28 heavy (non-hydrogen) atoms. The summed E-state index contributed by atoms with van der Waals surface area (Å²) in [6, 6.07) is 13.8. The number of rotatable bonds is 6. The zero-order valence-electron chi connectivity index (χ0n) is 16.2. The molecule has 0 aliphatic heterocycles. The molecule has 1 amide bonds. The first-order chi connectivity index (χ1) is 13.4. The molecule has 1 heterocycles.